The van der Waals surface area contributed by atoms with Crippen molar-refractivity contribution in [3.05, 3.63) is 46.4 Å². The Hall–Kier alpha value is -2.60. The molecule has 0 bridgehead atoms. The molecule has 2 aromatic heterocycles. The number of aliphatic hydroxyl groups is 1. The summed E-state index contributed by atoms with van der Waals surface area (Å²) >= 11 is 0. The quantitative estimate of drug-likeness (QED) is 0.755. The Kier molecular flexibility index (Phi) is 4.11. The predicted octanol–water partition coefficient (Wildman–Crippen LogP) is 3.26. The van der Waals surface area contributed by atoms with Crippen molar-refractivity contribution in [1.29, 1.82) is 0 Å². The second-order valence-electron chi connectivity index (χ2n) is 8.43. The van der Waals surface area contributed by atoms with Crippen LogP contribution in [0, 0.1) is 5.41 Å². The van der Waals surface area contributed by atoms with Crippen LogP contribution in [0.15, 0.2) is 35.1 Å². The van der Waals surface area contributed by atoms with Crippen molar-refractivity contribution in [1.82, 2.24) is 14.1 Å². The third-order valence-electron chi connectivity index (χ3n) is 4.93. The first kappa shape index (κ1) is 17.8. The molecule has 6 heteroatoms. The molecule has 1 aromatic carbocycles. The van der Waals surface area contributed by atoms with Gasteiger partial charge in [0.1, 0.15) is 5.75 Å². The molecule has 6 nitrogen and oxygen atoms in total. The molecule has 4 rings (SSSR count). The number of aryl methyl sites for hydroxylation is 1. The Balaban J connectivity index is 1.82. The minimum atomic E-state index is -0.519. The van der Waals surface area contributed by atoms with E-state index in [1.54, 1.807) is 16.2 Å². The van der Waals surface area contributed by atoms with Crippen LogP contribution in [0.5, 0.6) is 5.75 Å². The van der Waals surface area contributed by atoms with E-state index >= 15 is 0 Å². The van der Waals surface area contributed by atoms with E-state index in [1.807, 2.05) is 30.3 Å². The molecule has 1 N–H and O–H groups in total. The molecule has 142 valence electrons. The maximum absolute atomic E-state index is 12.7. The van der Waals surface area contributed by atoms with Crippen molar-refractivity contribution >= 4 is 11.2 Å². The summed E-state index contributed by atoms with van der Waals surface area (Å²) in [6, 6.07) is 9.63. The van der Waals surface area contributed by atoms with Gasteiger partial charge in [0.25, 0.3) is 0 Å². The molecule has 0 amide bonds. The molecule has 0 spiro atoms. The van der Waals surface area contributed by atoms with Crippen LogP contribution in [0.2, 0.25) is 0 Å². The average molecular weight is 367 g/mol. The number of nitrogens with zero attached hydrogens (tertiary/aromatic N) is 3. The molecular weight excluding hydrogens is 342 g/mol. The summed E-state index contributed by atoms with van der Waals surface area (Å²) in [4.78, 5) is 17.4. The van der Waals surface area contributed by atoms with Gasteiger partial charge in [0, 0.05) is 31.1 Å². The summed E-state index contributed by atoms with van der Waals surface area (Å²) in [7, 11) is 1.76. The van der Waals surface area contributed by atoms with Gasteiger partial charge in [-0.15, -0.1) is 0 Å². The Morgan fingerprint density at radius 1 is 1.26 bits per heavy atom. The predicted molar refractivity (Wildman–Crippen MR) is 105 cm³/mol. The molecule has 0 radical (unpaired) electrons. The Morgan fingerprint density at radius 2 is 2.04 bits per heavy atom. The Morgan fingerprint density at radius 3 is 2.78 bits per heavy atom. The van der Waals surface area contributed by atoms with E-state index in [-0.39, 0.29) is 11.1 Å². The number of imidazole rings is 1. The molecule has 1 aliphatic heterocycles. The summed E-state index contributed by atoms with van der Waals surface area (Å²) in [5.41, 5.74) is 3.89. The summed E-state index contributed by atoms with van der Waals surface area (Å²) < 4.78 is 9.00. The summed E-state index contributed by atoms with van der Waals surface area (Å²) in [6.07, 6.45) is 0.0715. The van der Waals surface area contributed by atoms with Crippen LogP contribution in [0.3, 0.4) is 0 Å². The van der Waals surface area contributed by atoms with Crippen molar-refractivity contribution in [3.8, 4) is 17.0 Å². The van der Waals surface area contributed by atoms with Gasteiger partial charge in [-0.25, -0.2) is 9.78 Å². The van der Waals surface area contributed by atoms with Gasteiger partial charge in [-0.1, -0.05) is 20.8 Å². The molecule has 1 unspecified atom stereocenters. The SMILES string of the molecule is Cn1c(=O)n(CC(C)(C)C)c2ccc(-c3ccc4c(c3)C(O)CCO4)nc21. The molecular formula is C21H25N3O3. The van der Waals surface area contributed by atoms with Crippen molar-refractivity contribution in [3.63, 3.8) is 0 Å². The largest absolute Gasteiger partial charge is 0.493 e. The van der Waals surface area contributed by atoms with Gasteiger partial charge >= 0.3 is 5.69 Å². The highest BCUT2D eigenvalue weighted by Gasteiger charge is 2.21. The maximum Gasteiger partial charge on any atom is 0.330 e. The van der Waals surface area contributed by atoms with Gasteiger partial charge in [-0.2, -0.15) is 0 Å². The second-order valence-corrected chi connectivity index (χ2v) is 8.43. The molecule has 27 heavy (non-hydrogen) atoms. The van der Waals surface area contributed by atoms with Crippen LogP contribution in [-0.4, -0.2) is 25.8 Å². The number of fused-ring (bicyclic) bond motifs is 2. The minimum Gasteiger partial charge on any atom is -0.493 e. The van der Waals surface area contributed by atoms with Crippen molar-refractivity contribution in [2.45, 2.75) is 39.8 Å². The number of hydrogen-bond donors (Lipinski definition) is 1. The van der Waals surface area contributed by atoms with Crippen LogP contribution >= 0.6 is 0 Å². The van der Waals surface area contributed by atoms with E-state index in [0.29, 0.717) is 25.2 Å². The topological polar surface area (TPSA) is 69.3 Å². The van der Waals surface area contributed by atoms with Gasteiger partial charge in [0.05, 0.1) is 23.9 Å². The van der Waals surface area contributed by atoms with E-state index in [2.05, 4.69) is 20.8 Å². The van der Waals surface area contributed by atoms with E-state index in [9.17, 15) is 9.90 Å². The fourth-order valence-corrected chi connectivity index (χ4v) is 3.60. The second kappa shape index (κ2) is 6.23. The molecule has 0 saturated heterocycles. The molecule has 3 heterocycles. The van der Waals surface area contributed by atoms with Crippen LogP contribution in [0.1, 0.15) is 38.9 Å². The third-order valence-corrected chi connectivity index (χ3v) is 4.93. The molecule has 1 aliphatic rings. The van der Waals surface area contributed by atoms with E-state index in [0.717, 1.165) is 28.1 Å². The number of aliphatic hydroxyl groups excluding tert-OH is 1. The lowest BCUT2D eigenvalue weighted by Gasteiger charge is -2.22. The molecule has 3 aromatic rings. The van der Waals surface area contributed by atoms with Crippen molar-refractivity contribution < 1.29 is 9.84 Å². The van der Waals surface area contributed by atoms with Gasteiger partial charge in [0.15, 0.2) is 5.65 Å². The summed E-state index contributed by atoms with van der Waals surface area (Å²) in [6.45, 7) is 7.50. The van der Waals surface area contributed by atoms with Crippen LogP contribution < -0.4 is 10.4 Å². The fraction of sp³-hybridized carbons (Fsp3) is 0.429. The van der Waals surface area contributed by atoms with Gasteiger partial charge in [-0.3, -0.25) is 9.13 Å². The number of rotatable bonds is 2. The average Bonchev–Trinajstić information content (AvgIpc) is 2.85. The Labute approximate surface area is 158 Å². The zero-order valence-corrected chi connectivity index (χ0v) is 16.2. The van der Waals surface area contributed by atoms with Crippen LogP contribution in [0.4, 0.5) is 0 Å². The molecule has 0 aliphatic carbocycles. The van der Waals surface area contributed by atoms with Gasteiger partial charge in [0.2, 0.25) is 0 Å². The van der Waals surface area contributed by atoms with Gasteiger partial charge in [-0.05, 0) is 35.7 Å². The normalized spacial score (nSPS) is 17.0. The smallest absolute Gasteiger partial charge is 0.330 e. The first-order valence-corrected chi connectivity index (χ1v) is 9.26. The van der Waals surface area contributed by atoms with Crippen molar-refractivity contribution in [2.24, 2.45) is 12.5 Å². The summed E-state index contributed by atoms with van der Waals surface area (Å²) in [5, 5.41) is 10.2. The number of aromatic nitrogens is 3. The highest BCUT2D eigenvalue weighted by atomic mass is 16.5. The lowest BCUT2D eigenvalue weighted by Crippen LogP contribution is -2.27. The number of benzene rings is 1. The third kappa shape index (κ3) is 3.14. The zero-order valence-electron chi connectivity index (χ0n) is 16.2. The first-order valence-electron chi connectivity index (χ1n) is 9.26. The zero-order chi connectivity index (χ0) is 19.3. The number of hydrogen-bond acceptors (Lipinski definition) is 4. The lowest BCUT2D eigenvalue weighted by atomic mass is 9.97. The number of pyridine rings is 1. The maximum atomic E-state index is 12.7. The highest BCUT2D eigenvalue weighted by molar-refractivity contribution is 5.76. The van der Waals surface area contributed by atoms with E-state index in [4.69, 9.17) is 9.72 Å². The molecule has 0 fully saturated rings. The number of ether oxygens (including phenoxy) is 1. The van der Waals surface area contributed by atoms with E-state index < -0.39 is 6.10 Å². The van der Waals surface area contributed by atoms with Crippen LogP contribution in [0.25, 0.3) is 22.4 Å². The van der Waals surface area contributed by atoms with E-state index in [1.165, 1.54) is 0 Å². The lowest BCUT2D eigenvalue weighted by molar-refractivity contribution is 0.115. The summed E-state index contributed by atoms with van der Waals surface area (Å²) in [5.74, 6) is 0.724. The molecule has 1 atom stereocenters. The van der Waals surface area contributed by atoms with Crippen LogP contribution in [-0.2, 0) is 13.6 Å². The minimum absolute atomic E-state index is 0.00852. The van der Waals surface area contributed by atoms with Gasteiger partial charge < -0.3 is 9.84 Å². The standard InChI is InChI=1S/C21H25N3O3/c1-21(2,3)12-24-16-7-6-15(22-19(16)23(4)20(24)26)13-5-8-18-14(11-13)17(25)9-10-27-18/h5-8,11,17,25H,9-10,12H2,1-4H3. The molecule has 0 saturated carbocycles. The monoisotopic (exact) mass is 367 g/mol. The van der Waals surface area contributed by atoms with Crippen molar-refractivity contribution in [2.75, 3.05) is 6.61 Å². The first-order chi connectivity index (χ1) is 12.7. The highest BCUT2D eigenvalue weighted by Crippen LogP contribution is 2.35. The fourth-order valence-electron chi connectivity index (χ4n) is 3.60. The Bertz CT molecular complexity index is 1070.